The first kappa shape index (κ1) is 16.7. The fourth-order valence-electron chi connectivity index (χ4n) is 2.55. The zero-order valence-corrected chi connectivity index (χ0v) is 13.4. The van der Waals surface area contributed by atoms with E-state index in [1.165, 1.54) is 6.07 Å². The maximum absolute atomic E-state index is 13.5. The minimum absolute atomic E-state index is 0.0298. The number of likely N-dealkylation sites (tertiary alicyclic amines) is 1. The molecule has 1 heterocycles. The van der Waals surface area contributed by atoms with E-state index in [0.717, 1.165) is 31.2 Å². The van der Waals surface area contributed by atoms with Gasteiger partial charge in [0.2, 0.25) is 10.0 Å². The quantitative estimate of drug-likeness (QED) is 0.864. The van der Waals surface area contributed by atoms with E-state index in [0.29, 0.717) is 13.1 Å². The largest absolute Gasteiger partial charge is 0.337 e. The Hall–Kier alpha value is -1.67. The van der Waals surface area contributed by atoms with Gasteiger partial charge in [-0.3, -0.25) is 9.52 Å². The number of rotatable bonds is 4. The van der Waals surface area contributed by atoms with E-state index >= 15 is 0 Å². The summed E-state index contributed by atoms with van der Waals surface area (Å²) in [4.78, 5) is 14.2. The Balaban J connectivity index is 2.30. The Bertz CT molecular complexity index is 663. The van der Waals surface area contributed by atoms with Crippen LogP contribution in [0.15, 0.2) is 18.2 Å². The third kappa shape index (κ3) is 4.17. The number of hydrogen-bond donors (Lipinski definition) is 2. The van der Waals surface area contributed by atoms with Crippen LogP contribution in [-0.4, -0.2) is 51.7 Å². The molecule has 0 saturated carbocycles. The second-order valence-corrected chi connectivity index (χ2v) is 7.19. The summed E-state index contributed by atoms with van der Waals surface area (Å²) in [5, 5.41) is 3.12. The molecular weight excluding hydrogens is 309 g/mol. The monoisotopic (exact) mass is 329 g/mol. The van der Waals surface area contributed by atoms with Gasteiger partial charge in [0.15, 0.2) is 0 Å². The van der Waals surface area contributed by atoms with E-state index in [4.69, 9.17) is 0 Å². The third-order valence-electron chi connectivity index (χ3n) is 3.62. The van der Waals surface area contributed by atoms with Gasteiger partial charge < -0.3 is 10.2 Å². The zero-order valence-electron chi connectivity index (χ0n) is 12.6. The molecule has 1 unspecified atom stereocenters. The van der Waals surface area contributed by atoms with Crippen molar-refractivity contribution in [2.45, 2.75) is 18.9 Å². The van der Waals surface area contributed by atoms with Crippen molar-refractivity contribution in [2.24, 2.45) is 0 Å². The number of piperidine rings is 1. The lowest BCUT2D eigenvalue weighted by atomic mass is 10.0. The van der Waals surface area contributed by atoms with Crippen molar-refractivity contribution >= 4 is 21.6 Å². The predicted molar refractivity (Wildman–Crippen MR) is 82.9 cm³/mol. The standard InChI is InChI=1S/C14H20FN3O3S/c1-16-11-4-3-7-18(9-11)14(19)12-8-10(15)5-6-13(12)17-22(2,20)21/h5-6,8,11,16-17H,3-4,7,9H2,1-2H3. The summed E-state index contributed by atoms with van der Waals surface area (Å²) in [6.45, 7) is 1.09. The summed E-state index contributed by atoms with van der Waals surface area (Å²) in [5.41, 5.74) is 0.127. The summed E-state index contributed by atoms with van der Waals surface area (Å²) >= 11 is 0. The molecule has 2 rings (SSSR count). The molecule has 122 valence electrons. The van der Waals surface area contributed by atoms with Gasteiger partial charge in [0.25, 0.3) is 5.91 Å². The number of anilines is 1. The summed E-state index contributed by atoms with van der Waals surface area (Å²) in [5.74, 6) is -0.949. The number of nitrogens with zero attached hydrogens (tertiary/aromatic N) is 1. The first-order chi connectivity index (χ1) is 10.3. The molecule has 1 aromatic rings. The van der Waals surface area contributed by atoms with Gasteiger partial charge >= 0.3 is 0 Å². The molecule has 6 nitrogen and oxygen atoms in total. The smallest absolute Gasteiger partial charge is 0.256 e. The summed E-state index contributed by atoms with van der Waals surface area (Å²) in [6, 6.07) is 3.65. The average molecular weight is 329 g/mol. The van der Waals surface area contributed by atoms with Crippen LogP contribution in [0.2, 0.25) is 0 Å². The molecule has 1 aliphatic heterocycles. The van der Waals surface area contributed by atoms with Gasteiger partial charge in [-0.25, -0.2) is 12.8 Å². The number of carbonyl (C=O) groups excluding carboxylic acids is 1. The van der Waals surface area contributed by atoms with Crippen LogP contribution in [0, 0.1) is 5.82 Å². The van der Waals surface area contributed by atoms with Crippen LogP contribution in [0.25, 0.3) is 0 Å². The highest BCUT2D eigenvalue weighted by Crippen LogP contribution is 2.22. The van der Waals surface area contributed by atoms with Crippen molar-refractivity contribution in [3.63, 3.8) is 0 Å². The molecule has 1 aromatic carbocycles. The molecule has 0 radical (unpaired) electrons. The fourth-order valence-corrected chi connectivity index (χ4v) is 3.13. The third-order valence-corrected chi connectivity index (χ3v) is 4.21. The van der Waals surface area contributed by atoms with Gasteiger partial charge in [-0.1, -0.05) is 0 Å². The first-order valence-corrected chi connectivity index (χ1v) is 8.93. The second kappa shape index (κ2) is 6.62. The molecule has 22 heavy (non-hydrogen) atoms. The number of hydrogen-bond acceptors (Lipinski definition) is 4. The first-order valence-electron chi connectivity index (χ1n) is 7.04. The van der Waals surface area contributed by atoms with Crippen molar-refractivity contribution in [3.8, 4) is 0 Å². The van der Waals surface area contributed by atoms with E-state index in [9.17, 15) is 17.6 Å². The fraction of sp³-hybridized carbons (Fsp3) is 0.500. The van der Waals surface area contributed by atoms with Crippen LogP contribution in [0.3, 0.4) is 0 Å². The number of carbonyl (C=O) groups is 1. The Morgan fingerprint density at radius 3 is 2.77 bits per heavy atom. The van der Waals surface area contributed by atoms with Gasteiger partial charge in [0, 0.05) is 19.1 Å². The molecule has 0 aliphatic carbocycles. The van der Waals surface area contributed by atoms with Crippen LogP contribution in [-0.2, 0) is 10.0 Å². The molecule has 1 fully saturated rings. The average Bonchev–Trinajstić information content (AvgIpc) is 2.47. The molecule has 0 bridgehead atoms. The lowest BCUT2D eigenvalue weighted by molar-refractivity contribution is 0.0699. The highest BCUT2D eigenvalue weighted by atomic mass is 32.2. The number of halogens is 1. The van der Waals surface area contributed by atoms with E-state index in [1.54, 1.807) is 4.90 Å². The SMILES string of the molecule is CNC1CCCN(C(=O)c2cc(F)ccc2NS(C)(=O)=O)C1. The Kier molecular flexibility index (Phi) is 5.02. The Labute approximate surface area is 129 Å². The van der Waals surface area contributed by atoms with Crippen LogP contribution in [0.1, 0.15) is 23.2 Å². The van der Waals surface area contributed by atoms with E-state index in [-0.39, 0.29) is 23.2 Å². The van der Waals surface area contributed by atoms with Gasteiger partial charge in [-0.2, -0.15) is 0 Å². The summed E-state index contributed by atoms with van der Waals surface area (Å²) in [6.07, 6.45) is 2.81. The maximum atomic E-state index is 13.5. The minimum Gasteiger partial charge on any atom is -0.337 e. The van der Waals surface area contributed by atoms with E-state index < -0.39 is 15.8 Å². The van der Waals surface area contributed by atoms with Crippen molar-refractivity contribution in [3.05, 3.63) is 29.6 Å². The molecule has 1 aliphatic rings. The maximum Gasteiger partial charge on any atom is 0.256 e. The van der Waals surface area contributed by atoms with Crippen molar-refractivity contribution in [1.82, 2.24) is 10.2 Å². The van der Waals surface area contributed by atoms with Crippen LogP contribution in [0.5, 0.6) is 0 Å². The lowest BCUT2D eigenvalue weighted by Crippen LogP contribution is -2.47. The topological polar surface area (TPSA) is 78.5 Å². The second-order valence-electron chi connectivity index (χ2n) is 5.44. The van der Waals surface area contributed by atoms with Crippen LogP contribution in [0.4, 0.5) is 10.1 Å². The van der Waals surface area contributed by atoms with Crippen molar-refractivity contribution in [1.29, 1.82) is 0 Å². The normalized spacial score (nSPS) is 19.0. The van der Waals surface area contributed by atoms with Gasteiger partial charge in [0.05, 0.1) is 17.5 Å². The minimum atomic E-state index is -3.55. The Morgan fingerprint density at radius 2 is 2.14 bits per heavy atom. The molecule has 0 spiro atoms. The van der Waals surface area contributed by atoms with Gasteiger partial charge in [-0.15, -0.1) is 0 Å². The number of amides is 1. The number of nitrogens with one attached hydrogen (secondary N) is 2. The van der Waals surface area contributed by atoms with Gasteiger partial charge in [0.1, 0.15) is 5.82 Å². The van der Waals surface area contributed by atoms with E-state index in [1.807, 2.05) is 7.05 Å². The summed E-state index contributed by atoms with van der Waals surface area (Å²) < 4.78 is 38.5. The van der Waals surface area contributed by atoms with Crippen LogP contribution < -0.4 is 10.0 Å². The van der Waals surface area contributed by atoms with E-state index in [2.05, 4.69) is 10.0 Å². The number of likely N-dealkylation sites (N-methyl/N-ethyl adjacent to an activating group) is 1. The molecule has 2 N–H and O–H groups in total. The molecule has 0 aromatic heterocycles. The van der Waals surface area contributed by atoms with Crippen molar-refractivity contribution in [2.75, 3.05) is 31.1 Å². The van der Waals surface area contributed by atoms with Crippen LogP contribution >= 0.6 is 0 Å². The molecule has 8 heteroatoms. The summed E-state index contributed by atoms with van der Waals surface area (Å²) in [7, 11) is -1.72. The zero-order chi connectivity index (χ0) is 16.3. The molecule has 1 saturated heterocycles. The number of benzene rings is 1. The molecule has 1 amide bonds. The Morgan fingerprint density at radius 1 is 1.41 bits per heavy atom. The molecular formula is C14H20FN3O3S. The highest BCUT2D eigenvalue weighted by Gasteiger charge is 2.26. The van der Waals surface area contributed by atoms with Gasteiger partial charge in [-0.05, 0) is 38.1 Å². The highest BCUT2D eigenvalue weighted by molar-refractivity contribution is 7.92. The molecule has 1 atom stereocenters. The van der Waals surface area contributed by atoms with Crippen molar-refractivity contribution < 1.29 is 17.6 Å². The number of sulfonamides is 1. The predicted octanol–water partition coefficient (Wildman–Crippen LogP) is 1.02. The lowest BCUT2D eigenvalue weighted by Gasteiger charge is -2.33.